The molecule has 0 fully saturated rings. The summed E-state index contributed by atoms with van der Waals surface area (Å²) in [4.78, 5) is 26.6. The lowest BCUT2D eigenvalue weighted by molar-refractivity contribution is -0.132. The lowest BCUT2D eigenvalue weighted by Crippen LogP contribution is -2.39. The van der Waals surface area contributed by atoms with Crippen LogP contribution >= 0.6 is 11.3 Å². The number of carbonyl (C=O) groups excluding carboxylic acids is 2. The van der Waals surface area contributed by atoms with Crippen molar-refractivity contribution < 1.29 is 14.0 Å². The molecule has 1 heterocycles. The van der Waals surface area contributed by atoms with E-state index < -0.39 is 0 Å². The molecule has 2 aromatic rings. The molecule has 0 aliphatic carbocycles. The van der Waals surface area contributed by atoms with E-state index in [2.05, 4.69) is 5.32 Å². The first-order valence-corrected chi connectivity index (χ1v) is 8.48. The van der Waals surface area contributed by atoms with E-state index in [-0.39, 0.29) is 24.2 Å². The van der Waals surface area contributed by atoms with E-state index in [1.165, 1.54) is 23.1 Å². The summed E-state index contributed by atoms with van der Waals surface area (Å²) in [5, 5.41) is 4.74. The van der Waals surface area contributed by atoms with Crippen molar-refractivity contribution in [1.82, 2.24) is 10.2 Å². The topological polar surface area (TPSA) is 49.4 Å². The minimum atomic E-state index is -0.323. The van der Waals surface area contributed by atoms with Crippen LogP contribution in [0.5, 0.6) is 0 Å². The van der Waals surface area contributed by atoms with E-state index >= 15 is 0 Å². The highest BCUT2D eigenvalue weighted by Gasteiger charge is 2.13. The normalized spacial score (nSPS) is 10.8. The summed E-state index contributed by atoms with van der Waals surface area (Å²) in [6.45, 7) is 2.72. The number of carbonyl (C=O) groups is 2. The molecule has 0 unspecified atom stereocenters. The smallest absolute Gasteiger partial charge is 0.247 e. The summed E-state index contributed by atoms with van der Waals surface area (Å²) in [6, 6.07) is 9.71. The summed E-state index contributed by atoms with van der Waals surface area (Å²) in [6.07, 6.45) is 3.00. The minimum absolute atomic E-state index is 0.00840. The molecule has 0 radical (unpaired) electrons. The zero-order chi connectivity index (χ0) is 17.4. The molecule has 126 valence electrons. The second-order valence-electron chi connectivity index (χ2n) is 5.09. The van der Waals surface area contributed by atoms with Crippen molar-refractivity contribution in [2.24, 2.45) is 0 Å². The first-order valence-electron chi connectivity index (χ1n) is 7.60. The lowest BCUT2D eigenvalue weighted by atomic mass is 10.2. The molecule has 0 atom stereocenters. The molecule has 1 aromatic heterocycles. The fourth-order valence-electron chi connectivity index (χ4n) is 2.02. The Kier molecular flexibility index (Phi) is 6.69. The van der Waals surface area contributed by atoms with Gasteiger partial charge in [0.1, 0.15) is 5.82 Å². The van der Waals surface area contributed by atoms with Gasteiger partial charge in [0.05, 0.1) is 13.1 Å². The SMILES string of the molecule is CCN(CC(=O)NCc1cccs1)C(=O)/C=C/c1ccc(F)cc1. The summed E-state index contributed by atoms with van der Waals surface area (Å²) >= 11 is 1.57. The fourth-order valence-corrected chi connectivity index (χ4v) is 2.67. The van der Waals surface area contributed by atoms with E-state index in [4.69, 9.17) is 0 Å². The molecule has 2 amide bonds. The van der Waals surface area contributed by atoms with Crippen LogP contribution in [0.15, 0.2) is 47.9 Å². The maximum atomic E-state index is 12.8. The Hall–Kier alpha value is -2.47. The monoisotopic (exact) mass is 346 g/mol. The predicted octanol–water partition coefficient (Wildman–Crippen LogP) is 3.07. The zero-order valence-corrected chi connectivity index (χ0v) is 14.2. The van der Waals surface area contributed by atoms with Crippen molar-refractivity contribution in [1.29, 1.82) is 0 Å². The van der Waals surface area contributed by atoms with Gasteiger partial charge in [-0.25, -0.2) is 4.39 Å². The first kappa shape index (κ1) is 17.9. The highest BCUT2D eigenvalue weighted by molar-refractivity contribution is 7.09. The van der Waals surface area contributed by atoms with Gasteiger partial charge in [-0.05, 0) is 42.1 Å². The van der Waals surface area contributed by atoms with Crippen LogP contribution in [0.4, 0.5) is 4.39 Å². The maximum absolute atomic E-state index is 12.8. The van der Waals surface area contributed by atoms with Crippen LogP contribution in [-0.2, 0) is 16.1 Å². The van der Waals surface area contributed by atoms with Gasteiger partial charge >= 0.3 is 0 Å². The van der Waals surface area contributed by atoms with Crippen molar-refractivity contribution in [3.8, 4) is 0 Å². The highest BCUT2D eigenvalue weighted by atomic mass is 32.1. The Morgan fingerprint density at radius 2 is 2.00 bits per heavy atom. The summed E-state index contributed by atoms with van der Waals surface area (Å²) in [5.74, 6) is -0.780. The minimum Gasteiger partial charge on any atom is -0.350 e. The molecule has 2 rings (SSSR count). The van der Waals surface area contributed by atoms with Gasteiger partial charge in [-0.3, -0.25) is 9.59 Å². The lowest BCUT2D eigenvalue weighted by Gasteiger charge is -2.18. The number of amides is 2. The molecule has 0 saturated carbocycles. The van der Waals surface area contributed by atoms with Crippen LogP contribution in [-0.4, -0.2) is 29.8 Å². The Bertz CT molecular complexity index is 696. The third-order valence-corrected chi connectivity index (χ3v) is 4.23. The van der Waals surface area contributed by atoms with Gasteiger partial charge in [0, 0.05) is 17.5 Å². The Labute approximate surface area is 144 Å². The number of likely N-dealkylation sites (N-methyl/N-ethyl adjacent to an activating group) is 1. The summed E-state index contributed by atoms with van der Waals surface area (Å²) < 4.78 is 12.8. The van der Waals surface area contributed by atoms with Crippen LogP contribution in [0, 0.1) is 5.82 Å². The number of rotatable bonds is 7. The number of hydrogen-bond acceptors (Lipinski definition) is 3. The van der Waals surface area contributed by atoms with Gasteiger partial charge in [0.15, 0.2) is 0 Å². The molecule has 6 heteroatoms. The standard InChI is InChI=1S/C18H19FN2O2S/c1-2-21(13-17(22)20-12-16-4-3-11-24-16)18(23)10-7-14-5-8-15(19)9-6-14/h3-11H,2,12-13H2,1H3,(H,20,22)/b10-7+. The van der Waals surface area contributed by atoms with Crippen molar-refractivity contribution in [2.75, 3.05) is 13.1 Å². The Balaban J connectivity index is 1.86. The number of hydrogen-bond donors (Lipinski definition) is 1. The van der Waals surface area contributed by atoms with Gasteiger partial charge in [-0.1, -0.05) is 18.2 Å². The molecule has 1 aromatic carbocycles. The molecule has 0 spiro atoms. The van der Waals surface area contributed by atoms with Crippen molar-refractivity contribution in [2.45, 2.75) is 13.5 Å². The molecule has 4 nitrogen and oxygen atoms in total. The molecule has 0 aliphatic rings. The molecular formula is C18H19FN2O2S. The van der Waals surface area contributed by atoms with E-state index in [1.807, 2.05) is 24.4 Å². The van der Waals surface area contributed by atoms with Crippen molar-refractivity contribution >= 4 is 29.2 Å². The average Bonchev–Trinajstić information content (AvgIpc) is 3.10. The number of nitrogens with one attached hydrogen (secondary N) is 1. The first-order chi connectivity index (χ1) is 11.6. The number of benzene rings is 1. The van der Waals surface area contributed by atoms with E-state index in [0.717, 1.165) is 10.4 Å². The van der Waals surface area contributed by atoms with E-state index in [9.17, 15) is 14.0 Å². The van der Waals surface area contributed by atoms with Gasteiger partial charge in [0.25, 0.3) is 0 Å². The quantitative estimate of drug-likeness (QED) is 0.784. The van der Waals surface area contributed by atoms with Crippen molar-refractivity contribution in [3.63, 3.8) is 0 Å². The largest absolute Gasteiger partial charge is 0.350 e. The van der Waals surface area contributed by atoms with Crippen LogP contribution in [0.25, 0.3) is 6.08 Å². The third kappa shape index (κ3) is 5.62. The third-order valence-electron chi connectivity index (χ3n) is 3.36. The van der Waals surface area contributed by atoms with Crippen LogP contribution in [0.3, 0.4) is 0 Å². The van der Waals surface area contributed by atoms with Crippen LogP contribution in [0.2, 0.25) is 0 Å². The number of nitrogens with zero attached hydrogens (tertiary/aromatic N) is 1. The van der Waals surface area contributed by atoms with Gasteiger partial charge in [0.2, 0.25) is 11.8 Å². The zero-order valence-electron chi connectivity index (χ0n) is 13.4. The second kappa shape index (κ2) is 8.98. The Morgan fingerprint density at radius 3 is 2.62 bits per heavy atom. The maximum Gasteiger partial charge on any atom is 0.247 e. The van der Waals surface area contributed by atoms with Crippen molar-refractivity contribution in [3.05, 3.63) is 64.1 Å². The molecule has 24 heavy (non-hydrogen) atoms. The predicted molar refractivity (Wildman–Crippen MR) is 93.9 cm³/mol. The Morgan fingerprint density at radius 1 is 1.25 bits per heavy atom. The molecule has 0 aliphatic heterocycles. The second-order valence-corrected chi connectivity index (χ2v) is 6.13. The van der Waals surface area contributed by atoms with E-state index in [0.29, 0.717) is 13.1 Å². The number of halogens is 1. The van der Waals surface area contributed by atoms with E-state index in [1.54, 1.807) is 29.5 Å². The average molecular weight is 346 g/mol. The molecular weight excluding hydrogens is 327 g/mol. The molecule has 0 saturated heterocycles. The summed E-state index contributed by atoms with van der Waals surface area (Å²) in [7, 11) is 0. The van der Waals surface area contributed by atoms with Crippen LogP contribution < -0.4 is 5.32 Å². The van der Waals surface area contributed by atoms with Crippen LogP contribution in [0.1, 0.15) is 17.4 Å². The number of thiophene rings is 1. The molecule has 1 N–H and O–H groups in total. The van der Waals surface area contributed by atoms with Gasteiger partial charge < -0.3 is 10.2 Å². The van der Waals surface area contributed by atoms with Gasteiger partial charge in [-0.15, -0.1) is 11.3 Å². The fraction of sp³-hybridized carbons (Fsp3) is 0.222. The highest BCUT2D eigenvalue weighted by Crippen LogP contribution is 2.07. The van der Waals surface area contributed by atoms with Gasteiger partial charge in [-0.2, -0.15) is 0 Å². The molecule has 0 bridgehead atoms. The summed E-state index contributed by atoms with van der Waals surface area (Å²) in [5.41, 5.74) is 0.725.